The van der Waals surface area contributed by atoms with Crippen molar-refractivity contribution in [2.75, 3.05) is 13.7 Å². The van der Waals surface area contributed by atoms with Crippen LogP contribution in [0.4, 0.5) is 0 Å². The van der Waals surface area contributed by atoms with Crippen LogP contribution < -0.4 is 10.6 Å². The minimum Gasteiger partial charge on any atom is -0.468 e. The van der Waals surface area contributed by atoms with Crippen molar-refractivity contribution in [2.24, 2.45) is 0 Å². The lowest BCUT2D eigenvalue weighted by Crippen LogP contribution is -2.63. The highest BCUT2D eigenvalue weighted by Crippen LogP contribution is 2.40. The first kappa shape index (κ1) is 8.50. The van der Waals surface area contributed by atoms with Gasteiger partial charge in [0.15, 0.2) is 0 Å². The number of ether oxygens (including phenoxy) is 1. The maximum Gasteiger partial charge on any atom is 0.325 e. The second-order valence-electron chi connectivity index (χ2n) is 3.54. The summed E-state index contributed by atoms with van der Waals surface area (Å²) in [4.78, 5) is 22.3. The highest BCUT2D eigenvalue weighted by molar-refractivity contribution is 5.87. The summed E-state index contributed by atoms with van der Waals surface area (Å²) in [6.07, 6.45) is 1.71. The summed E-state index contributed by atoms with van der Waals surface area (Å²) >= 11 is 0. The monoisotopic (exact) mass is 184 g/mol. The Hall–Kier alpha value is -1.10. The topological polar surface area (TPSA) is 67.4 Å². The van der Waals surface area contributed by atoms with Crippen molar-refractivity contribution in [1.29, 1.82) is 0 Å². The number of rotatable bonds is 1. The highest BCUT2D eigenvalue weighted by Gasteiger charge is 2.56. The first-order valence-corrected chi connectivity index (χ1v) is 4.30. The van der Waals surface area contributed by atoms with Crippen LogP contribution in [0.2, 0.25) is 0 Å². The van der Waals surface area contributed by atoms with Crippen LogP contribution >= 0.6 is 0 Å². The predicted octanol–water partition coefficient (Wildman–Crippen LogP) is -1.22. The molecular weight excluding hydrogens is 172 g/mol. The Morgan fingerprint density at radius 1 is 1.62 bits per heavy atom. The molecule has 0 aromatic heterocycles. The number of hydrogen-bond acceptors (Lipinski definition) is 4. The van der Waals surface area contributed by atoms with Gasteiger partial charge >= 0.3 is 5.97 Å². The lowest BCUT2D eigenvalue weighted by molar-refractivity contribution is -0.145. The molecule has 1 saturated heterocycles. The van der Waals surface area contributed by atoms with E-state index in [0.29, 0.717) is 0 Å². The SMILES string of the molecule is COC(=O)C1NCC(=O)NC12CC2. The number of hydrogen-bond donors (Lipinski definition) is 2. The van der Waals surface area contributed by atoms with Crippen LogP contribution in [0.1, 0.15) is 12.8 Å². The fourth-order valence-electron chi connectivity index (χ4n) is 1.76. The molecule has 1 aliphatic heterocycles. The van der Waals surface area contributed by atoms with Crippen molar-refractivity contribution < 1.29 is 14.3 Å². The summed E-state index contributed by atoms with van der Waals surface area (Å²) in [5, 5.41) is 5.72. The van der Waals surface area contributed by atoms with Crippen LogP contribution in [0.15, 0.2) is 0 Å². The number of carbonyl (C=O) groups is 2. The van der Waals surface area contributed by atoms with Crippen LogP contribution in [0, 0.1) is 0 Å². The third-order valence-corrected chi connectivity index (χ3v) is 2.63. The maximum absolute atomic E-state index is 11.3. The zero-order valence-corrected chi connectivity index (χ0v) is 7.42. The van der Waals surface area contributed by atoms with Gasteiger partial charge in [-0.15, -0.1) is 0 Å². The van der Waals surface area contributed by atoms with Gasteiger partial charge in [-0.05, 0) is 12.8 Å². The molecule has 13 heavy (non-hydrogen) atoms. The van der Waals surface area contributed by atoms with Crippen LogP contribution in [-0.2, 0) is 14.3 Å². The van der Waals surface area contributed by atoms with Crippen LogP contribution in [-0.4, -0.2) is 37.1 Å². The first-order valence-electron chi connectivity index (χ1n) is 4.30. The Morgan fingerprint density at radius 3 is 2.85 bits per heavy atom. The molecule has 5 heteroatoms. The highest BCUT2D eigenvalue weighted by atomic mass is 16.5. The molecule has 1 aliphatic carbocycles. The standard InChI is InChI=1S/C8H12N2O3/c1-13-7(12)6-8(2-3-8)10-5(11)4-9-6/h6,9H,2-4H2,1H3,(H,10,11). The zero-order chi connectivity index (χ0) is 9.47. The molecule has 0 aromatic rings. The zero-order valence-electron chi connectivity index (χ0n) is 7.42. The molecule has 1 spiro atoms. The molecule has 1 amide bonds. The number of piperazine rings is 1. The molecule has 2 aliphatic rings. The quantitative estimate of drug-likeness (QED) is 0.501. The van der Waals surface area contributed by atoms with Gasteiger partial charge < -0.3 is 10.1 Å². The summed E-state index contributed by atoms with van der Waals surface area (Å²) in [6, 6.07) is -0.366. The van der Waals surface area contributed by atoms with Crippen molar-refractivity contribution in [3.8, 4) is 0 Å². The van der Waals surface area contributed by atoms with Gasteiger partial charge in [-0.2, -0.15) is 0 Å². The third kappa shape index (κ3) is 1.29. The second kappa shape index (κ2) is 2.70. The molecule has 0 aromatic carbocycles. The Labute approximate surface area is 75.8 Å². The second-order valence-corrected chi connectivity index (χ2v) is 3.54. The molecule has 1 heterocycles. The lowest BCUT2D eigenvalue weighted by Gasteiger charge is -2.31. The summed E-state index contributed by atoms with van der Waals surface area (Å²) in [5.41, 5.74) is -0.345. The van der Waals surface area contributed by atoms with E-state index in [1.54, 1.807) is 0 Å². The van der Waals surface area contributed by atoms with Crippen molar-refractivity contribution in [3.05, 3.63) is 0 Å². The average Bonchev–Trinajstić information content (AvgIpc) is 2.84. The largest absolute Gasteiger partial charge is 0.468 e. The van der Waals surface area contributed by atoms with Gasteiger partial charge in [0.25, 0.3) is 0 Å². The molecule has 2 N–H and O–H groups in total. The van der Waals surface area contributed by atoms with Crippen molar-refractivity contribution in [2.45, 2.75) is 24.4 Å². The summed E-state index contributed by atoms with van der Waals surface area (Å²) < 4.78 is 4.65. The Kier molecular flexibility index (Phi) is 1.76. The first-order chi connectivity index (χ1) is 6.18. The van der Waals surface area contributed by atoms with Crippen molar-refractivity contribution in [1.82, 2.24) is 10.6 Å². The van der Waals surface area contributed by atoms with E-state index in [2.05, 4.69) is 15.4 Å². The van der Waals surface area contributed by atoms with E-state index in [4.69, 9.17) is 0 Å². The Bertz CT molecular complexity index is 260. The van der Waals surface area contributed by atoms with E-state index in [1.807, 2.05) is 0 Å². The van der Waals surface area contributed by atoms with Gasteiger partial charge in [-0.1, -0.05) is 0 Å². The van der Waals surface area contributed by atoms with E-state index < -0.39 is 0 Å². The Balaban J connectivity index is 2.11. The van der Waals surface area contributed by atoms with Gasteiger partial charge in [-0.3, -0.25) is 14.9 Å². The molecule has 1 saturated carbocycles. The van der Waals surface area contributed by atoms with Crippen LogP contribution in [0.3, 0.4) is 0 Å². The van der Waals surface area contributed by atoms with Crippen molar-refractivity contribution in [3.63, 3.8) is 0 Å². The van der Waals surface area contributed by atoms with Crippen molar-refractivity contribution >= 4 is 11.9 Å². The molecule has 1 atom stereocenters. The van der Waals surface area contributed by atoms with Gasteiger partial charge in [0.2, 0.25) is 5.91 Å². The molecule has 2 fully saturated rings. The van der Waals surface area contributed by atoms with Gasteiger partial charge in [0.1, 0.15) is 6.04 Å². The fourth-order valence-corrected chi connectivity index (χ4v) is 1.76. The number of carbonyl (C=O) groups excluding carboxylic acids is 2. The number of esters is 1. The molecule has 2 rings (SSSR count). The number of nitrogens with one attached hydrogen (secondary N) is 2. The summed E-state index contributed by atoms with van der Waals surface area (Å²) in [6.45, 7) is 0.196. The van der Waals surface area contributed by atoms with Crippen LogP contribution in [0.5, 0.6) is 0 Å². The number of amides is 1. The maximum atomic E-state index is 11.3. The average molecular weight is 184 g/mol. The smallest absolute Gasteiger partial charge is 0.325 e. The fraction of sp³-hybridized carbons (Fsp3) is 0.750. The van der Waals surface area contributed by atoms with E-state index in [9.17, 15) is 9.59 Å². The van der Waals surface area contributed by atoms with Gasteiger partial charge in [0, 0.05) is 0 Å². The predicted molar refractivity (Wildman–Crippen MR) is 43.9 cm³/mol. The van der Waals surface area contributed by atoms with Gasteiger partial charge in [0.05, 0.1) is 19.2 Å². The molecule has 5 nitrogen and oxygen atoms in total. The number of methoxy groups -OCH3 is 1. The molecule has 0 bridgehead atoms. The molecule has 0 radical (unpaired) electrons. The van der Waals surface area contributed by atoms with E-state index in [0.717, 1.165) is 12.8 Å². The normalized spacial score (nSPS) is 29.6. The minimum atomic E-state index is -0.366. The molecule has 1 unspecified atom stereocenters. The lowest BCUT2D eigenvalue weighted by atomic mass is 10.0. The molecular formula is C8H12N2O3. The van der Waals surface area contributed by atoms with E-state index >= 15 is 0 Å². The molecule has 72 valence electrons. The van der Waals surface area contributed by atoms with Gasteiger partial charge in [-0.25, -0.2) is 0 Å². The summed E-state index contributed by atoms with van der Waals surface area (Å²) in [7, 11) is 1.36. The Morgan fingerprint density at radius 2 is 2.31 bits per heavy atom. The van der Waals surface area contributed by atoms with Crippen LogP contribution in [0.25, 0.3) is 0 Å². The van der Waals surface area contributed by atoms with E-state index in [-0.39, 0.29) is 30.0 Å². The third-order valence-electron chi connectivity index (χ3n) is 2.63. The summed E-state index contributed by atoms with van der Waals surface area (Å²) in [5.74, 6) is -0.338. The van der Waals surface area contributed by atoms with E-state index in [1.165, 1.54) is 7.11 Å². The minimum absolute atomic E-state index is 0.0438.